The van der Waals surface area contributed by atoms with E-state index in [1.54, 1.807) is 32.3 Å². The number of carbonyl (C=O) groups excluding carboxylic acids is 1. The number of nitro benzene ring substituents is 1. The minimum Gasteiger partial charge on any atom is -0.352 e. The molecule has 0 unspecified atom stereocenters. The number of rotatable bonds is 7. The van der Waals surface area contributed by atoms with E-state index in [4.69, 9.17) is 11.6 Å². The second kappa shape index (κ2) is 10.3. The smallest absolute Gasteiger partial charge is 0.269 e. The van der Waals surface area contributed by atoms with Gasteiger partial charge in [0.2, 0.25) is 5.91 Å². The van der Waals surface area contributed by atoms with Crippen LogP contribution in [0.3, 0.4) is 0 Å². The van der Waals surface area contributed by atoms with Crippen LogP contribution in [0.2, 0.25) is 5.02 Å². The van der Waals surface area contributed by atoms with Gasteiger partial charge in [-0.25, -0.2) is 4.99 Å². The summed E-state index contributed by atoms with van der Waals surface area (Å²) in [6.07, 6.45) is 0. The highest BCUT2D eigenvalue weighted by atomic mass is 35.5. The SMILES string of the molecule is CN(C)C(=O)CNC(=NCc1ccc([N+](=O)[O-])cc1)NCc1ccccc1Cl. The van der Waals surface area contributed by atoms with Crippen LogP contribution in [-0.2, 0) is 17.9 Å². The number of non-ortho nitro benzene ring substituents is 1. The van der Waals surface area contributed by atoms with E-state index in [9.17, 15) is 14.9 Å². The van der Waals surface area contributed by atoms with Crippen molar-refractivity contribution in [3.63, 3.8) is 0 Å². The van der Waals surface area contributed by atoms with Crippen LogP contribution in [0.15, 0.2) is 53.5 Å². The third kappa shape index (κ3) is 6.55. The molecule has 8 nitrogen and oxygen atoms in total. The average Bonchev–Trinajstić information content (AvgIpc) is 2.68. The second-order valence-corrected chi connectivity index (χ2v) is 6.58. The molecule has 2 aromatic carbocycles. The summed E-state index contributed by atoms with van der Waals surface area (Å²) in [6, 6.07) is 13.6. The van der Waals surface area contributed by atoms with Gasteiger partial charge in [0.1, 0.15) is 0 Å². The summed E-state index contributed by atoms with van der Waals surface area (Å²) < 4.78 is 0. The van der Waals surface area contributed by atoms with Gasteiger partial charge in [-0.3, -0.25) is 14.9 Å². The Morgan fingerprint density at radius 1 is 1.14 bits per heavy atom. The standard InChI is InChI=1S/C19H22ClN5O3/c1-24(2)18(26)13-23-19(22-12-15-5-3-4-6-17(15)20)21-11-14-7-9-16(10-8-14)25(27)28/h3-10H,11-13H2,1-2H3,(H2,21,22,23). The lowest BCUT2D eigenvalue weighted by atomic mass is 10.2. The summed E-state index contributed by atoms with van der Waals surface area (Å²) in [7, 11) is 3.35. The van der Waals surface area contributed by atoms with Crippen molar-refractivity contribution in [3.8, 4) is 0 Å². The van der Waals surface area contributed by atoms with Gasteiger partial charge in [-0.15, -0.1) is 0 Å². The van der Waals surface area contributed by atoms with Gasteiger partial charge in [-0.1, -0.05) is 41.9 Å². The second-order valence-electron chi connectivity index (χ2n) is 6.18. The molecule has 28 heavy (non-hydrogen) atoms. The predicted molar refractivity (Wildman–Crippen MR) is 109 cm³/mol. The van der Waals surface area contributed by atoms with E-state index in [1.807, 2.05) is 18.2 Å². The maximum Gasteiger partial charge on any atom is 0.269 e. The molecule has 9 heteroatoms. The largest absolute Gasteiger partial charge is 0.352 e. The fourth-order valence-electron chi connectivity index (χ4n) is 2.21. The maximum atomic E-state index is 11.8. The quantitative estimate of drug-likeness (QED) is 0.320. The van der Waals surface area contributed by atoms with Crippen molar-refractivity contribution >= 4 is 29.2 Å². The van der Waals surface area contributed by atoms with Crippen LogP contribution >= 0.6 is 11.6 Å². The molecule has 0 atom stereocenters. The summed E-state index contributed by atoms with van der Waals surface area (Å²) >= 11 is 6.17. The Kier molecular flexibility index (Phi) is 7.76. The summed E-state index contributed by atoms with van der Waals surface area (Å²) in [4.78, 5) is 28.1. The highest BCUT2D eigenvalue weighted by Crippen LogP contribution is 2.14. The minimum atomic E-state index is -0.446. The number of nitro groups is 1. The highest BCUT2D eigenvalue weighted by molar-refractivity contribution is 6.31. The third-order valence-corrected chi connectivity index (χ3v) is 4.25. The first kappa shape index (κ1) is 21.2. The Morgan fingerprint density at radius 3 is 2.43 bits per heavy atom. The van der Waals surface area contributed by atoms with E-state index in [2.05, 4.69) is 15.6 Å². The molecular formula is C19H22ClN5O3. The number of nitrogens with one attached hydrogen (secondary N) is 2. The molecule has 0 saturated heterocycles. The number of benzene rings is 2. The first-order valence-corrected chi connectivity index (χ1v) is 8.93. The van der Waals surface area contributed by atoms with Gasteiger partial charge < -0.3 is 15.5 Å². The molecule has 2 aromatic rings. The Morgan fingerprint density at radius 2 is 1.82 bits per heavy atom. The zero-order valence-electron chi connectivity index (χ0n) is 15.7. The first-order chi connectivity index (χ1) is 13.4. The molecule has 0 heterocycles. The van der Waals surface area contributed by atoms with Crippen LogP contribution in [0.1, 0.15) is 11.1 Å². The Bertz CT molecular complexity index is 853. The van der Waals surface area contributed by atoms with Crippen molar-refractivity contribution in [3.05, 3.63) is 74.8 Å². The fraction of sp³-hybridized carbons (Fsp3) is 0.263. The highest BCUT2D eigenvalue weighted by Gasteiger charge is 2.08. The van der Waals surface area contributed by atoms with Gasteiger partial charge in [0, 0.05) is 37.8 Å². The van der Waals surface area contributed by atoms with Crippen molar-refractivity contribution in [2.75, 3.05) is 20.6 Å². The number of likely N-dealkylation sites (N-methyl/N-ethyl adjacent to an activating group) is 1. The molecule has 2 rings (SSSR count). The Balaban J connectivity index is 2.07. The molecular weight excluding hydrogens is 382 g/mol. The van der Waals surface area contributed by atoms with Crippen LogP contribution in [-0.4, -0.2) is 42.3 Å². The normalized spacial score (nSPS) is 11.0. The van der Waals surface area contributed by atoms with Crippen molar-refractivity contribution < 1.29 is 9.72 Å². The molecule has 0 aliphatic rings. The number of halogens is 1. The number of guanidine groups is 1. The molecule has 2 N–H and O–H groups in total. The van der Waals surface area contributed by atoms with Crippen molar-refractivity contribution in [1.82, 2.24) is 15.5 Å². The number of amides is 1. The van der Waals surface area contributed by atoms with Crippen LogP contribution in [0.4, 0.5) is 5.69 Å². The Hall–Kier alpha value is -3.13. The average molecular weight is 404 g/mol. The summed E-state index contributed by atoms with van der Waals surface area (Å²) in [5, 5.41) is 17.5. The zero-order chi connectivity index (χ0) is 20.5. The molecule has 0 saturated carbocycles. The van der Waals surface area contributed by atoms with Crippen LogP contribution < -0.4 is 10.6 Å². The topological polar surface area (TPSA) is 99.9 Å². The number of nitrogens with zero attached hydrogens (tertiary/aromatic N) is 3. The van der Waals surface area contributed by atoms with Gasteiger partial charge in [0.25, 0.3) is 5.69 Å². The van der Waals surface area contributed by atoms with Crippen LogP contribution in [0.25, 0.3) is 0 Å². The van der Waals surface area contributed by atoms with Crippen molar-refractivity contribution in [2.24, 2.45) is 4.99 Å². The summed E-state index contributed by atoms with van der Waals surface area (Å²) in [6.45, 7) is 0.815. The zero-order valence-corrected chi connectivity index (χ0v) is 16.4. The molecule has 0 bridgehead atoms. The lowest BCUT2D eigenvalue weighted by Crippen LogP contribution is -2.42. The number of carbonyl (C=O) groups is 1. The van der Waals surface area contributed by atoms with Crippen molar-refractivity contribution in [2.45, 2.75) is 13.1 Å². The van der Waals surface area contributed by atoms with Gasteiger partial charge in [-0.2, -0.15) is 0 Å². The lowest BCUT2D eigenvalue weighted by Gasteiger charge is -2.15. The molecule has 0 spiro atoms. The van der Waals surface area contributed by atoms with E-state index >= 15 is 0 Å². The van der Waals surface area contributed by atoms with E-state index in [0.29, 0.717) is 24.1 Å². The molecule has 148 valence electrons. The third-order valence-electron chi connectivity index (χ3n) is 3.88. The van der Waals surface area contributed by atoms with E-state index in [-0.39, 0.29) is 18.1 Å². The van der Waals surface area contributed by atoms with Crippen LogP contribution in [0.5, 0.6) is 0 Å². The number of hydrogen-bond acceptors (Lipinski definition) is 4. The van der Waals surface area contributed by atoms with Gasteiger partial charge in [0.15, 0.2) is 5.96 Å². The monoisotopic (exact) mass is 403 g/mol. The van der Waals surface area contributed by atoms with Gasteiger partial charge in [-0.05, 0) is 17.2 Å². The molecule has 1 amide bonds. The van der Waals surface area contributed by atoms with Crippen molar-refractivity contribution in [1.29, 1.82) is 0 Å². The fourth-order valence-corrected chi connectivity index (χ4v) is 2.41. The number of aliphatic imine (C=N–C) groups is 1. The van der Waals surface area contributed by atoms with E-state index in [0.717, 1.165) is 11.1 Å². The van der Waals surface area contributed by atoms with Gasteiger partial charge >= 0.3 is 0 Å². The molecule has 0 aromatic heterocycles. The van der Waals surface area contributed by atoms with E-state index in [1.165, 1.54) is 17.0 Å². The molecule has 0 radical (unpaired) electrons. The molecule has 0 fully saturated rings. The number of hydrogen-bond donors (Lipinski definition) is 2. The Labute approximate surface area is 168 Å². The molecule has 0 aliphatic heterocycles. The maximum absolute atomic E-state index is 11.8. The van der Waals surface area contributed by atoms with Gasteiger partial charge in [0.05, 0.1) is 18.0 Å². The minimum absolute atomic E-state index is 0.0273. The lowest BCUT2D eigenvalue weighted by molar-refractivity contribution is -0.384. The predicted octanol–water partition coefficient (Wildman–Crippen LogP) is 2.57. The first-order valence-electron chi connectivity index (χ1n) is 8.56. The molecule has 0 aliphatic carbocycles. The van der Waals surface area contributed by atoms with Crippen LogP contribution in [0, 0.1) is 10.1 Å². The summed E-state index contributed by atoms with van der Waals surface area (Å²) in [5.41, 5.74) is 1.73. The van der Waals surface area contributed by atoms with E-state index < -0.39 is 4.92 Å². The summed E-state index contributed by atoms with van der Waals surface area (Å²) in [5.74, 6) is 0.344.